The maximum atomic E-state index is 13.4. The number of amides is 3. The number of nitrogens with one attached hydrogen (secondary N) is 2. The molecule has 0 saturated heterocycles. The number of aromatic nitrogens is 1. The third-order valence-corrected chi connectivity index (χ3v) is 6.55. The lowest BCUT2D eigenvalue weighted by Gasteiger charge is -2.41. The first kappa shape index (κ1) is 20.2. The maximum absolute atomic E-state index is 13.4. The summed E-state index contributed by atoms with van der Waals surface area (Å²) in [6.45, 7) is 0.359. The highest BCUT2D eigenvalue weighted by Gasteiger charge is 2.47. The van der Waals surface area contributed by atoms with Crippen molar-refractivity contribution in [2.45, 2.75) is 19.0 Å². The lowest BCUT2D eigenvalue weighted by molar-refractivity contribution is -0.116. The zero-order valence-corrected chi connectivity index (χ0v) is 18.3. The molecule has 3 amide bonds. The third-order valence-electron chi connectivity index (χ3n) is 6.55. The van der Waals surface area contributed by atoms with Gasteiger partial charge in [0.2, 0.25) is 5.91 Å². The number of benzene rings is 3. The molecule has 3 heterocycles. The van der Waals surface area contributed by atoms with Crippen molar-refractivity contribution in [2.24, 2.45) is 0 Å². The molecule has 168 valence electrons. The summed E-state index contributed by atoms with van der Waals surface area (Å²) in [5, 5.41) is 3.93. The summed E-state index contributed by atoms with van der Waals surface area (Å²) >= 11 is 0. The van der Waals surface area contributed by atoms with E-state index in [9.17, 15) is 14.4 Å². The Kier molecular flexibility index (Phi) is 4.69. The van der Waals surface area contributed by atoms with Crippen molar-refractivity contribution in [3.63, 3.8) is 0 Å². The number of para-hydroxylation sites is 1. The molecule has 4 aromatic rings. The lowest BCUT2D eigenvalue weighted by atomic mass is 10.0. The summed E-state index contributed by atoms with van der Waals surface area (Å²) in [7, 11) is 0. The van der Waals surface area contributed by atoms with E-state index in [4.69, 9.17) is 0 Å². The van der Waals surface area contributed by atoms with E-state index in [1.807, 2.05) is 60.8 Å². The first-order valence-corrected chi connectivity index (χ1v) is 11.3. The van der Waals surface area contributed by atoms with Crippen molar-refractivity contribution >= 4 is 40.0 Å². The molecule has 3 aromatic carbocycles. The number of anilines is 2. The largest absolute Gasteiger partial charge is 0.361 e. The Hall–Kier alpha value is -4.39. The third kappa shape index (κ3) is 3.08. The van der Waals surface area contributed by atoms with Gasteiger partial charge in [-0.05, 0) is 42.8 Å². The molecule has 34 heavy (non-hydrogen) atoms. The first-order valence-electron chi connectivity index (χ1n) is 11.3. The molecule has 1 atom stereocenters. The molecular formula is C27H22N4O3. The predicted octanol–water partition coefficient (Wildman–Crippen LogP) is 4.70. The van der Waals surface area contributed by atoms with E-state index in [1.54, 1.807) is 28.0 Å². The number of hydrogen-bond donors (Lipinski definition) is 2. The Morgan fingerprint density at radius 2 is 1.68 bits per heavy atom. The number of carbonyl (C=O) groups is 3. The molecule has 0 aliphatic carbocycles. The Bertz CT molecular complexity index is 1460. The van der Waals surface area contributed by atoms with Crippen molar-refractivity contribution in [1.82, 2.24) is 9.88 Å². The highest BCUT2D eigenvalue weighted by molar-refractivity contribution is 6.16. The molecule has 0 saturated carbocycles. The summed E-state index contributed by atoms with van der Waals surface area (Å²) in [6, 6.07) is 22.3. The van der Waals surface area contributed by atoms with Crippen LogP contribution in [-0.4, -0.2) is 34.2 Å². The molecular weight excluding hydrogens is 428 g/mol. The van der Waals surface area contributed by atoms with Gasteiger partial charge in [-0.2, -0.15) is 0 Å². The summed E-state index contributed by atoms with van der Waals surface area (Å²) in [6.07, 6.45) is 2.08. The van der Waals surface area contributed by atoms with Gasteiger partial charge >= 0.3 is 0 Å². The Morgan fingerprint density at radius 3 is 2.56 bits per heavy atom. The molecule has 2 N–H and O–H groups in total. The quantitative estimate of drug-likeness (QED) is 0.462. The molecule has 1 unspecified atom stereocenters. The van der Waals surface area contributed by atoms with Gasteiger partial charge in [0, 0.05) is 41.2 Å². The molecule has 7 heteroatoms. The molecule has 2 aliphatic rings. The molecule has 6 rings (SSSR count). The van der Waals surface area contributed by atoms with Crippen LogP contribution in [-0.2, 0) is 4.79 Å². The smallest absolute Gasteiger partial charge is 0.260 e. The Labute approximate surface area is 196 Å². The molecule has 0 radical (unpaired) electrons. The monoisotopic (exact) mass is 450 g/mol. The minimum atomic E-state index is -0.497. The number of nitrogens with zero attached hydrogens (tertiary/aromatic N) is 2. The van der Waals surface area contributed by atoms with Gasteiger partial charge in [0.1, 0.15) is 6.17 Å². The molecule has 2 aliphatic heterocycles. The summed E-state index contributed by atoms with van der Waals surface area (Å²) in [5.74, 6) is -0.347. The van der Waals surface area contributed by atoms with E-state index < -0.39 is 6.17 Å². The van der Waals surface area contributed by atoms with E-state index in [0.717, 1.165) is 22.2 Å². The van der Waals surface area contributed by atoms with Crippen LogP contribution in [0.15, 0.2) is 79.0 Å². The van der Waals surface area contributed by atoms with Gasteiger partial charge in [0.15, 0.2) is 0 Å². The number of aromatic amines is 1. The van der Waals surface area contributed by atoms with Crippen molar-refractivity contribution in [2.75, 3.05) is 16.8 Å². The van der Waals surface area contributed by atoms with Crippen LogP contribution in [0.25, 0.3) is 10.9 Å². The second kappa shape index (κ2) is 7.88. The Balaban J connectivity index is 1.23. The van der Waals surface area contributed by atoms with Gasteiger partial charge in [-0.1, -0.05) is 36.4 Å². The fourth-order valence-electron chi connectivity index (χ4n) is 5.02. The molecule has 0 bridgehead atoms. The van der Waals surface area contributed by atoms with Gasteiger partial charge in [0.05, 0.1) is 16.9 Å². The zero-order valence-electron chi connectivity index (χ0n) is 18.3. The van der Waals surface area contributed by atoms with E-state index in [-0.39, 0.29) is 24.1 Å². The second-order valence-corrected chi connectivity index (χ2v) is 8.55. The SMILES string of the molecule is O=C(CCCN1C(=O)c2ccccc2N2C(=O)c3ccccc3C12)Nc1cccc2[nH]ccc12. The van der Waals surface area contributed by atoms with Gasteiger partial charge in [-0.25, -0.2) is 0 Å². The molecule has 1 aromatic heterocycles. The highest BCUT2D eigenvalue weighted by Crippen LogP contribution is 2.45. The minimum Gasteiger partial charge on any atom is -0.361 e. The fourth-order valence-corrected chi connectivity index (χ4v) is 5.02. The maximum Gasteiger partial charge on any atom is 0.260 e. The number of H-pyrrole nitrogens is 1. The van der Waals surface area contributed by atoms with Gasteiger partial charge in [-0.15, -0.1) is 0 Å². The summed E-state index contributed by atoms with van der Waals surface area (Å²) < 4.78 is 0. The Morgan fingerprint density at radius 1 is 0.882 bits per heavy atom. The number of fused-ring (bicyclic) bond motifs is 6. The fraction of sp³-hybridized carbons (Fsp3) is 0.148. The van der Waals surface area contributed by atoms with E-state index in [2.05, 4.69) is 10.3 Å². The summed E-state index contributed by atoms with van der Waals surface area (Å²) in [5.41, 5.74) is 4.28. The molecule has 0 spiro atoms. The van der Waals surface area contributed by atoms with Crippen LogP contribution in [0, 0.1) is 0 Å². The van der Waals surface area contributed by atoms with Crippen molar-refractivity contribution in [1.29, 1.82) is 0 Å². The molecule has 0 fully saturated rings. The second-order valence-electron chi connectivity index (χ2n) is 8.55. The number of hydrogen-bond acceptors (Lipinski definition) is 3. The van der Waals surface area contributed by atoms with Crippen LogP contribution >= 0.6 is 0 Å². The average Bonchev–Trinajstić information content (AvgIpc) is 3.45. The van der Waals surface area contributed by atoms with Crippen LogP contribution < -0.4 is 10.2 Å². The lowest BCUT2D eigenvalue weighted by Crippen LogP contribution is -2.48. The predicted molar refractivity (Wildman–Crippen MR) is 130 cm³/mol. The van der Waals surface area contributed by atoms with Crippen LogP contribution in [0.2, 0.25) is 0 Å². The molecule has 7 nitrogen and oxygen atoms in total. The first-order chi connectivity index (χ1) is 16.6. The van der Waals surface area contributed by atoms with Gasteiger partial charge in [0.25, 0.3) is 11.8 Å². The zero-order chi connectivity index (χ0) is 23.2. The average molecular weight is 450 g/mol. The van der Waals surface area contributed by atoms with E-state index in [1.165, 1.54) is 0 Å². The van der Waals surface area contributed by atoms with Crippen LogP contribution in [0.3, 0.4) is 0 Å². The van der Waals surface area contributed by atoms with Crippen LogP contribution in [0.4, 0.5) is 11.4 Å². The topological polar surface area (TPSA) is 85.5 Å². The van der Waals surface area contributed by atoms with Crippen molar-refractivity contribution in [3.8, 4) is 0 Å². The van der Waals surface area contributed by atoms with Crippen molar-refractivity contribution in [3.05, 3.63) is 95.7 Å². The van der Waals surface area contributed by atoms with Gasteiger partial charge in [-0.3, -0.25) is 19.3 Å². The van der Waals surface area contributed by atoms with Gasteiger partial charge < -0.3 is 15.2 Å². The van der Waals surface area contributed by atoms with Crippen molar-refractivity contribution < 1.29 is 14.4 Å². The highest BCUT2D eigenvalue weighted by atomic mass is 16.2. The number of rotatable bonds is 5. The normalized spacial score (nSPS) is 16.4. The van der Waals surface area contributed by atoms with Crippen LogP contribution in [0.1, 0.15) is 45.3 Å². The number of carbonyl (C=O) groups excluding carboxylic acids is 3. The summed E-state index contributed by atoms with van der Waals surface area (Å²) in [4.78, 5) is 45.9. The van der Waals surface area contributed by atoms with Crippen LogP contribution in [0.5, 0.6) is 0 Å². The van der Waals surface area contributed by atoms with E-state index >= 15 is 0 Å². The van der Waals surface area contributed by atoms with E-state index in [0.29, 0.717) is 29.8 Å². The minimum absolute atomic E-state index is 0.108. The standard InChI is InChI=1S/C27H22N4O3/c32-24(29-22-11-5-10-21-19(22)14-15-28-21)13-6-16-30-25-17-7-1-2-8-18(17)27(34)31(25)23-12-4-3-9-20(23)26(30)33/h1-5,7-12,14-15,25,28H,6,13,16H2,(H,29,32).